The molecule has 1 aliphatic rings. The van der Waals surface area contributed by atoms with Gasteiger partial charge in [-0.25, -0.2) is 9.55 Å². The minimum atomic E-state index is -4.85. The quantitative estimate of drug-likeness (QED) is 0.193. The van der Waals surface area contributed by atoms with Crippen molar-refractivity contribution in [1.82, 2.24) is 4.98 Å². The molecule has 200 valence electrons. The number of hydrogen-bond donors (Lipinski definition) is 4. The zero-order valence-corrected chi connectivity index (χ0v) is 21.5. The van der Waals surface area contributed by atoms with Gasteiger partial charge in [0.05, 0.1) is 25.4 Å². The molecule has 5 N–H and O–H groups in total. The van der Waals surface area contributed by atoms with Gasteiger partial charge in [-0.15, -0.1) is 11.3 Å². The Kier molecular flexibility index (Phi) is 11.0. The topological polar surface area (TPSA) is 135 Å². The van der Waals surface area contributed by atoms with Crippen molar-refractivity contribution in [2.45, 2.75) is 70.0 Å². The maximum absolute atomic E-state index is 14.0. The van der Waals surface area contributed by atoms with Crippen molar-refractivity contribution < 1.29 is 41.9 Å². The number of aliphatic hydroxyl groups excluding tert-OH is 1. The number of phosphoric acid groups is 1. The first-order valence-corrected chi connectivity index (χ1v) is 13.9. The van der Waals surface area contributed by atoms with E-state index >= 15 is 0 Å². The van der Waals surface area contributed by atoms with Gasteiger partial charge in [-0.1, -0.05) is 52.0 Å². The molecule has 1 aliphatic carbocycles. The molecular weight excluding hydrogens is 508 g/mol. The Balaban J connectivity index is 2.15. The molecule has 2 rings (SSSR count). The number of nitrogens with two attached hydrogens (primary N) is 1. The molecule has 0 bridgehead atoms. The van der Waals surface area contributed by atoms with Crippen LogP contribution in [0.4, 0.5) is 13.2 Å². The van der Waals surface area contributed by atoms with Crippen molar-refractivity contribution in [3.8, 4) is 0 Å². The van der Waals surface area contributed by atoms with Crippen molar-refractivity contribution in [3.63, 3.8) is 0 Å². The van der Waals surface area contributed by atoms with E-state index in [2.05, 4.69) is 16.4 Å². The predicted molar refractivity (Wildman–Crippen MR) is 127 cm³/mol. The molecule has 35 heavy (non-hydrogen) atoms. The van der Waals surface area contributed by atoms with Gasteiger partial charge in [0.2, 0.25) is 0 Å². The van der Waals surface area contributed by atoms with Crippen LogP contribution in [0.15, 0.2) is 29.7 Å². The highest BCUT2D eigenvalue weighted by Crippen LogP contribution is 2.46. The molecule has 0 fully saturated rings. The lowest BCUT2D eigenvalue weighted by atomic mass is 9.81. The van der Waals surface area contributed by atoms with E-state index < -0.39 is 50.2 Å². The Bertz CT molecular complexity index is 933. The molecule has 1 heterocycles. The molecule has 8 nitrogen and oxygen atoms in total. The molecule has 1 aromatic rings. The monoisotopic (exact) mass is 542 g/mol. The van der Waals surface area contributed by atoms with Crippen molar-refractivity contribution in [2.24, 2.45) is 11.7 Å². The molecule has 3 atom stereocenters. The van der Waals surface area contributed by atoms with Crippen molar-refractivity contribution in [2.75, 3.05) is 19.8 Å². The lowest BCUT2D eigenvalue weighted by Gasteiger charge is -2.30. The summed E-state index contributed by atoms with van der Waals surface area (Å²) in [6.07, 6.45) is 5.70. The molecule has 0 saturated carbocycles. The number of thiazole rings is 1. The zero-order chi connectivity index (χ0) is 26.3. The van der Waals surface area contributed by atoms with Crippen molar-refractivity contribution >= 4 is 19.2 Å². The summed E-state index contributed by atoms with van der Waals surface area (Å²) in [5.74, 6) is -1.83. The van der Waals surface area contributed by atoms with E-state index in [1.54, 1.807) is 6.08 Å². The van der Waals surface area contributed by atoms with Crippen LogP contribution >= 0.6 is 19.2 Å². The van der Waals surface area contributed by atoms with Crippen LogP contribution in [-0.4, -0.2) is 45.9 Å². The third-order valence-electron chi connectivity index (χ3n) is 5.83. The standard InChI is InChI=1S/C22H34F3N2O6PS/c1-3-4-5-6-7-8-11-32-17-10-9-16(15(2)19(17)22(23,24)25)18-12-27-20(35-18)21(26,13-28)14-33-34(29,30)31/h9-10,12,15-16,28H,3-8,11,13-14,26H2,1-2H3,(H2,29,30,31). The van der Waals surface area contributed by atoms with Crippen LogP contribution in [0.25, 0.3) is 0 Å². The number of ether oxygens (including phenoxy) is 1. The minimum absolute atomic E-state index is 0.0895. The summed E-state index contributed by atoms with van der Waals surface area (Å²) < 4.78 is 62.9. The number of alkyl halides is 3. The van der Waals surface area contributed by atoms with Gasteiger partial charge in [0.1, 0.15) is 16.3 Å². The summed E-state index contributed by atoms with van der Waals surface area (Å²) in [5.41, 5.74) is 3.56. The number of hydrogen-bond acceptors (Lipinski definition) is 7. The summed E-state index contributed by atoms with van der Waals surface area (Å²) in [6, 6.07) is 0. The summed E-state index contributed by atoms with van der Waals surface area (Å²) in [7, 11) is -4.85. The largest absolute Gasteiger partial charge is 0.493 e. The second kappa shape index (κ2) is 12.8. The SMILES string of the molecule is CCCCCCCCOC1=C(C(F)(F)F)C(C)C(c2cnc(C(N)(CO)COP(=O)(O)O)s2)C=C1. The first-order chi connectivity index (χ1) is 16.3. The average molecular weight is 543 g/mol. The molecule has 0 radical (unpaired) electrons. The van der Waals surface area contributed by atoms with E-state index in [-0.39, 0.29) is 17.4 Å². The lowest BCUT2D eigenvalue weighted by molar-refractivity contribution is -0.103. The van der Waals surface area contributed by atoms with Crippen LogP contribution in [0, 0.1) is 5.92 Å². The predicted octanol–water partition coefficient (Wildman–Crippen LogP) is 4.88. The molecule has 0 spiro atoms. The summed E-state index contributed by atoms with van der Waals surface area (Å²) in [6.45, 7) is 2.33. The molecule has 0 amide bonds. The molecule has 0 aliphatic heterocycles. The number of phosphoric ester groups is 1. The first kappa shape index (κ1) is 30.0. The third-order valence-corrected chi connectivity index (χ3v) is 7.61. The van der Waals surface area contributed by atoms with E-state index in [0.717, 1.165) is 43.4 Å². The Labute approximate surface area is 207 Å². The fourth-order valence-electron chi connectivity index (χ4n) is 3.83. The molecular formula is C22H34F3N2O6PS. The van der Waals surface area contributed by atoms with Crippen LogP contribution in [0.2, 0.25) is 0 Å². The van der Waals surface area contributed by atoms with Gasteiger partial charge in [-0.2, -0.15) is 13.2 Å². The number of allylic oxidation sites excluding steroid dienone is 3. The third kappa shape index (κ3) is 8.66. The summed E-state index contributed by atoms with van der Waals surface area (Å²) >= 11 is 0.959. The number of halogens is 3. The minimum Gasteiger partial charge on any atom is -0.493 e. The van der Waals surface area contributed by atoms with Gasteiger partial charge >= 0.3 is 14.0 Å². The van der Waals surface area contributed by atoms with Crippen LogP contribution in [0.5, 0.6) is 0 Å². The van der Waals surface area contributed by atoms with Crippen molar-refractivity contribution in [3.05, 3.63) is 39.6 Å². The summed E-state index contributed by atoms with van der Waals surface area (Å²) in [4.78, 5) is 22.4. The Morgan fingerprint density at radius 3 is 2.46 bits per heavy atom. The highest BCUT2D eigenvalue weighted by Gasteiger charge is 2.45. The Morgan fingerprint density at radius 2 is 1.86 bits per heavy atom. The number of unbranched alkanes of at least 4 members (excludes halogenated alkanes) is 5. The van der Waals surface area contributed by atoms with Crippen LogP contribution < -0.4 is 5.73 Å². The van der Waals surface area contributed by atoms with Gasteiger partial charge in [-0.3, -0.25) is 4.52 Å². The van der Waals surface area contributed by atoms with E-state index in [1.807, 2.05) is 0 Å². The molecule has 0 saturated heterocycles. The van der Waals surface area contributed by atoms with Gasteiger partial charge in [-0.05, 0) is 12.5 Å². The number of rotatable bonds is 14. The van der Waals surface area contributed by atoms with Crippen LogP contribution in [0.1, 0.15) is 68.2 Å². The fraction of sp³-hybridized carbons (Fsp3) is 0.682. The van der Waals surface area contributed by atoms with Gasteiger partial charge in [0.15, 0.2) is 0 Å². The number of aliphatic hydroxyl groups is 1. The Morgan fingerprint density at radius 1 is 1.20 bits per heavy atom. The average Bonchev–Trinajstić information content (AvgIpc) is 3.26. The number of nitrogens with zero attached hydrogens (tertiary/aromatic N) is 1. The fourth-order valence-corrected chi connectivity index (χ4v) is 5.40. The number of aromatic nitrogens is 1. The van der Waals surface area contributed by atoms with Crippen LogP contribution in [0.3, 0.4) is 0 Å². The molecule has 3 unspecified atom stereocenters. The van der Waals surface area contributed by atoms with E-state index in [1.165, 1.54) is 19.2 Å². The van der Waals surface area contributed by atoms with Gasteiger partial charge in [0, 0.05) is 22.9 Å². The Hall–Kier alpha value is -1.27. The smallest absolute Gasteiger partial charge is 0.469 e. The first-order valence-electron chi connectivity index (χ1n) is 11.5. The lowest BCUT2D eigenvalue weighted by Crippen LogP contribution is -2.44. The zero-order valence-electron chi connectivity index (χ0n) is 19.8. The molecule has 13 heteroatoms. The van der Waals surface area contributed by atoms with E-state index in [0.29, 0.717) is 11.3 Å². The summed E-state index contributed by atoms with van der Waals surface area (Å²) in [5, 5.41) is 9.77. The van der Waals surface area contributed by atoms with E-state index in [4.69, 9.17) is 20.3 Å². The highest BCUT2D eigenvalue weighted by molar-refractivity contribution is 7.46. The molecule has 1 aromatic heterocycles. The van der Waals surface area contributed by atoms with Gasteiger partial charge in [0.25, 0.3) is 0 Å². The van der Waals surface area contributed by atoms with Gasteiger partial charge < -0.3 is 25.4 Å². The van der Waals surface area contributed by atoms with E-state index in [9.17, 15) is 22.8 Å². The van der Waals surface area contributed by atoms with Crippen molar-refractivity contribution in [1.29, 1.82) is 0 Å². The van der Waals surface area contributed by atoms with Crippen LogP contribution in [-0.2, 0) is 19.4 Å². The highest BCUT2D eigenvalue weighted by atomic mass is 32.1. The normalized spacial score (nSPS) is 20.8. The second-order valence-electron chi connectivity index (χ2n) is 8.71. The maximum Gasteiger partial charge on any atom is 0.469 e. The maximum atomic E-state index is 14.0. The molecule has 0 aromatic carbocycles. The second-order valence-corrected chi connectivity index (χ2v) is 11.0.